The SMILES string of the molecule is CC1CCCN(Cc2ccc(Br)s2)C1CN.Cl. The summed E-state index contributed by atoms with van der Waals surface area (Å²) >= 11 is 5.35. The van der Waals surface area contributed by atoms with Crippen LogP contribution in [0.3, 0.4) is 0 Å². The van der Waals surface area contributed by atoms with Gasteiger partial charge in [0.1, 0.15) is 0 Å². The van der Waals surface area contributed by atoms with E-state index in [0.717, 1.165) is 19.0 Å². The van der Waals surface area contributed by atoms with Crippen LogP contribution < -0.4 is 5.73 Å². The Kier molecular flexibility index (Phi) is 6.45. The molecule has 2 nitrogen and oxygen atoms in total. The molecule has 2 N–H and O–H groups in total. The van der Waals surface area contributed by atoms with Crippen molar-refractivity contribution in [2.24, 2.45) is 11.7 Å². The highest BCUT2D eigenvalue weighted by Crippen LogP contribution is 2.28. The van der Waals surface area contributed by atoms with E-state index in [0.29, 0.717) is 6.04 Å². The maximum Gasteiger partial charge on any atom is 0.0701 e. The zero-order valence-electron chi connectivity index (χ0n) is 10.1. The van der Waals surface area contributed by atoms with Gasteiger partial charge >= 0.3 is 0 Å². The topological polar surface area (TPSA) is 29.3 Å². The number of rotatable bonds is 3. The minimum absolute atomic E-state index is 0. The van der Waals surface area contributed by atoms with Crippen LogP contribution in [0.15, 0.2) is 15.9 Å². The molecule has 1 fully saturated rings. The van der Waals surface area contributed by atoms with Gasteiger partial charge in [-0.25, -0.2) is 0 Å². The summed E-state index contributed by atoms with van der Waals surface area (Å²) in [5.74, 6) is 0.738. The number of hydrogen-bond donors (Lipinski definition) is 1. The molecule has 98 valence electrons. The lowest BCUT2D eigenvalue weighted by molar-refractivity contribution is 0.100. The Labute approximate surface area is 122 Å². The molecule has 2 unspecified atom stereocenters. The van der Waals surface area contributed by atoms with Gasteiger partial charge in [-0.05, 0) is 53.4 Å². The van der Waals surface area contributed by atoms with Crippen LogP contribution in [0.2, 0.25) is 0 Å². The van der Waals surface area contributed by atoms with E-state index >= 15 is 0 Å². The van der Waals surface area contributed by atoms with Gasteiger partial charge in [0.15, 0.2) is 0 Å². The van der Waals surface area contributed by atoms with E-state index in [9.17, 15) is 0 Å². The van der Waals surface area contributed by atoms with Crippen LogP contribution in [-0.4, -0.2) is 24.0 Å². The number of nitrogens with zero attached hydrogens (tertiary/aromatic N) is 1. The van der Waals surface area contributed by atoms with Crippen LogP contribution in [0.25, 0.3) is 0 Å². The molecule has 1 saturated heterocycles. The van der Waals surface area contributed by atoms with Crippen molar-refractivity contribution in [2.45, 2.75) is 32.4 Å². The maximum absolute atomic E-state index is 5.90. The quantitative estimate of drug-likeness (QED) is 0.913. The number of nitrogens with two attached hydrogens (primary N) is 1. The number of thiophene rings is 1. The van der Waals surface area contributed by atoms with E-state index in [1.165, 1.54) is 28.0 Å². The summed E-state index contributed by atoms with van der Waals surface area (Å²) in [6, 6.07) is 4.90. The molecule has 0 amide bonds. The predicted octanol–water partition coefficient (Wildman–Crippen LogP) is 3.49. The van der Waals surface area contributed by atoms with E-state index in [1.807, 2.05) is 11.3 Å². The van der Waals surface area contributed by atoms with Crippen molar-refractivity contribution < 1.29 is 0 Å². The van der Waals surface area contributed by atoms with Crippen LogP contribution in [0.4, 0.5) is 0 Å². The fourth-order valence-corrected chi connectivity index (χ4v) is 4.06. The highest BCUT2D eigenvalue weighted by Gasteiger charge is 2.27. The van der Waals surface area contributed by atoms with Gasteiger partial charge in [0.2, 0.25) is 0 Å². The Bertz CT molecular complexity index is 345. The molecule has 1 aliphatic rings. The van der Waals surface area contributed by atoms with Crippen molar-refractivity contribution in [1.29, 1.82) is 0 Å². The third-order valence-electron chi connectivity index (χ3n) is 3.46. The zero-order chi connectivity index (χ0) is 11.5. The molecule has 0 radical (unpaired) electrons. The molecule has 5 heteroatoms. The van der Waals surface area contributed by atoms with E-state index in [1.54, 1.807) is 0 Å². The molecule has 17 heavy (non-hydrogen) atoms. The summed E-state index contributed by atoms with van der Waals surface area (Å²) in [4.78, 5) is 3.98. The van der Waals surface area contributed by atoms with Crippen LogP contribution >= 0.6 is 39.7 Å². The van der Waals surface area contributed by atoms with Gasteiger partial charge < -0.3 is 5.73 Å². The fraction of sp³-hybridized carbons (Fsp3) is 0.667. The molecule has 2 rings (SSSR count). The van der Waals surface area contributed by atoms with E-state index in [2.05, 4.69) is 39.9 Å². The van der Waals surface area contributed by atoms with Crippen molar-refractivity contribution >= 4 is 39.7 Å². The normalized spacial score (nSPS) is 25.6. The van der Waals surface area contributed by atoms with Crippen molar-refractivity contribution in [3.05, 3.63) is 20.8 Å². The average Bonchev–Trinajstić information content (AvgIpc) is 2.64. The van der Waals surface area contributed by atoms with Crippen molar-refractivity contribution in [3.63, 3.8) is 0 Å². The summed E-state index contributed by atoms with van der Waals surface area (Å²) < 4.78 is 1.22. The second-order valence-corrected chi connectivity index (χ2v) is 7.15. The zero-order valence-corrected chi connectivity index (χ0v) is 13.3. The monoisotopic (exact) mass is 338 g/mol. The Morgan fingerprint density at radius 1 is 1.53 bits per heavy atom. The highest BCUT2D eigenvalue weighted by molar-refractivity contribution is 9.11. The number of piperidine rings is 1. The summed E-state index contributed by atoms with van der Waals surface area (Å²) in [6.07, 6.45) is 2.64. The minimum Gasteiger partial charge on any atom is -0.329 e. The third-order valence-corrected chi connectivity index (χ3v) is 5.07. The summed E-state index contributed by atoms with van der Waals surface area (Å²) in [5, 5.41) is 0. The summed E-state index contributed by atoms with van der Waals surface area (Å²) in [5.41, 5.74) is 5.90. The molecule has 1 aliphatic heterocycles. The fourth-order valence-electron chi connectivity index (χ4n) is 2.55. The Morgan fingerprint density at radius 2 is 2.29 bits per heavy atom. The van der Waals surface area contributed by atoms with Gasteiger partial charge in [0.25, 0.3) is 0 Å². The van der Waals surface area contributed by atoms with E-state index in [4.69, 9.17) is 5.73 Å². The van der Waals surface area contributed by atoms with Crippen molar-refractivity contribution in [2.75, 3.05) is 13.1 Å². The summed E-state index contributed by atoms with van der Waals surface area (Å²) in [6.45, 7) is 5.37. The largest absolute Gasteiger partial charge is 0.329 e. The van der Waals surface area contributed by atoms with Gasteiger partial charge in [0, 0.05) is 24.0 Å². The van der Waals surface area contributed by atoms with Crippen LogP contribution in [0.5, 0.6) is 0 Å². The van der Waals surface area contributed by atoms with Gasteiger partial charge in [-0.2, -0.15) is 0 Å². The lowest BCUT2D eigenvalue weighted by atomic mass is 9.91. The first kappa shape index (κ1) is 15.4. The Balaban J connectivity index is 0.00000144. The lowest BCUT2D eigenvalue weighted by Crippen LogP contribution is -2.47. The molecule has 0 spiro atoms. The van der Waals surface area contributed by atoms with Crippen molar-refractivity contribution in [3.8, 4) is 0 Å². The molecule has 2 heterocycles. The van der Waals surface area contributed by atoms with Crippen LogP contribution in [-0.2, 0) is 6.54 Å². The first-order valence-electron chi connectivity index (χ1n) is 5.89. The van der Waals surface area contributed by atoms with Gasteiger partial charge in [0.05, 0.1) is 3.79 Å². The average molecular weight is 340 g/mol. The first-order valence-corrected chi connectivity index (χ1v) is 7.50. The molecule has 0 aromatic carbocycles. The van der Waals surface area contributed by atoms with Crippen LogP contribution in [0, 0.1) is 5.92 Å². The predicted molar refractivity (Wildman–Crippen MR) is 80.9 cm³/mol. The smallest absolute Gasteiger partial charge is 0.0701 e. The Morgan fingerprint density at radius 3 is 2.88 bits per heavy atom. The Hall–Kier alpha value is 0.390. The highest BCUT2D eigenvalue weighted by atomic mass is 79.9. The number of halogens is 2. The number of likely N-dealkylation sites (tertiary alicyclic amines) is 1. The molecule has 0 saturated carbocycles. The van der Waals surface area contributed by atoms with Crippen molar-refractivity contribution in [1.82, 2.24) is 4.90 Å². The first-order chi connectivity index (χ1) is 7.70. The molecular formula is C12H20BrClN2S. The molecule has 1 aromatic heterocycles. The van der Waals surface area contributed by atoms with Gasteiger partial charge in [-0.3, -0.25) is 4.90 Å². The molecule has 1 aromatic rings. The molecular weight excluding hydrogens is 320 g/mol. The molecule has 0 aliphatic carbocycles. The van der Waals surface area contributed by atoms with E-state index in [-0.39, 0.29) is 12.4 Å². The van der Waals surface area contributed by atoms with E-state index < -0.39 is 0 Å². The second kappa shape index (κ2) is 7.10. The summed E-state index contributed by atoms with van der Waals surface area (Å²) in [7, 11) is 0. The van der Waals surface area contributed by atoms with Gasteiger partial charge in [-0.1, -0.05) is 6.92 Å². The lowest BCUT2D eigenvalue weighted by Gasteiger charge is -2.39. The standard InChI is InChI=1S/C12H19BrN2S.ClH/c1-9-3-2-6-15(11(9)7-14)8-10-4-5-12(13)16-10;/h4-5,9,11H,2-3,6-8,14H2,1H3;1H. The second-order valence-electron chi connectivity index (χ2n) is 4.60. The molecule has 0 bridgehead atoms. The minimum atomic E-state index is 0. The maximum atomic E-state index is 5.90. The van der Waals surface area contributed by atoms with Crippen LogP contribution in [0.1, 0.15) is 24.6 Å². The number of hydrogen-bond acceptors (Lipinski definition) is 3. The molecule has 2 atom stereocenters. The van der Waals surface area contributed by atoms with Gasteiger partial charge in [-0.15, -0.1) is 23.7 Å². The third kappa shape index (κ3) is 3.93.